The summed E-state index contributed by atoms with van der Waals surface area (Å²) in [4.78, 5) is 33.3. The Hall–Kier alpha value is -3.68. The fraction of sp³-hybridized carbons (Fsp3) is 0.200. The number of ether oxygens (including phenoxy) is 2. The number of carbonyl (C=O) groups is 1. The van der Waals surface area contributed by atoms with E-state index in [9.17, 15) is 9.59 Å². The van der Waals surface area contributed by atoms with Crippen molar-refractivity contribution in [3.63, 3.8) is 0 Å². The summed E-state index contributed by atoms with van der Waals surface area (Å²) >= 11 is 0. The number of nitrogens with zero attached hydrogens (tertiary/aromatic N) is 3. The van der Waals surface area contributed by atoms with Crippen molar-refractivity contribution < 1.29 is 14.3 Å². The molecule has 0 bridgehead atoms. The van der Waals surface area contributed by atoms with E-state index >= 15 is 0 Å². The highest BCUT2D eigenvalue weighted by Gasteiger charge is 2.16. The Bertz CT molecular complexity index is 1080. The molecular formula is C20H18N4O4. The number of benzene rings is 1. The van der Waals surface area contributed by atoms with Crippen LogP contribution in [0.15, 0.2) is 53.6 Å². The first-order valence-corrected chi connectivity index (χ1v) is 8.77. The summed E-state index contributed by atoms with van der Waals surface area (Å²) in [6.07, 6.45) is 3.26. The highest BCUT2D eigenvalue weighted by molar-refractivity contribution is 5.99. The summed E-state index contributed by atoms with van der Waals surface area (Å²) in [7, 11) is 1.60. The molecule has 1 aliphatic rings. The fourth-order valence-electron chi connectivity index (χ4n) is 2.85. The molecule has 8 nitrogen and oxygen atoms in total. The largest absolute Gasteiger partial charge is 0.486 e. The number of nitrogens with one attached hydrogen (secondary N) is 1. The van der Waals surface area contributed by atoms with Crippen LogP contribution in [0.25, 0.3) is 11.3 Å². The minimum absolute atomic E-state index is 0.0142. The molecule has 28 heavy (non-hydrogen) atoms. The third kappa shape index (κ3) is 3.57. The van der Waals surface area contributed by atoms with E-state index in [1.807, 2.05) is 0 Å². The average Bonchev–Trinajstić information content (AvgIpc) is 2.74. The maximum absolute atomic E-state index is 12.6. The van der Waals surface area contributed by atoms with Gasteiger partial charge in [0.05, 0.1) is 12.2 Å². The number of pyridine rings is 1. The molecule has 4 rings (SSSR count). The Labute approximate surface area is 160 Å². The molecule has 0 fully saturated rings. The Morgan fingerprint density at radius 3 is 2.64 bits per heavy atom. The van der Waals surface area contributed by atoms with E-state index in [2.05, 4.69) is 15.3 Å². The van der Waals surface area contributed by atoms with Crippen LogP contribution in [0.2, 0.25) is 0 Å². The minimum atomic E-state index is -0.226. The van der Waals surface area contributed by atoms with Gasteiger partial charge in [0.25, 0.3) is 5.56 Å². The molecule has 0 saturated heterocycles. The molecule has 0 atom stereocenters. The van der Waals surface area contributed by atoms with Gasteiger partial charge in [-0.1, -0.05) is 0 Å². The van der Waals surface area contributed by atoms with Gasteiger partial charge in [0.1, 0.15) is 13.2 Å². The number of anilines is 1. The Kier molecular flexibility index (Phi) is 4.76. The van der Waals surface area contributed by atoms with Gasteiger partial charge >= 0.3 is 0 Å². The molecular weight excluding hydrogens is 360 g/mol. The lowest BCUT2D eigenvalue weighted by Gasteiger charge is -2.18. The second-order valence-electron chi connectivity index (χ2n) is 6.23. The SMILES string of the molecule is Cn1c(NCC(=O)c2ccc3c(c2)OCCO3)nc(-c2ccncc2)cc1=O. The number of rotatable bonds is 5. The topological polar surface area (TPSA) is 95.3 Å². The normalized spacial score (nSPS) is 12.5. The quantitative estimate of drug-likeness (QED) is 0.678. The number of carbonyl (C=O) groups excluding carboxylic acids is 1. The molecule has 1 N–H and O–H groups in total. The lowest BCUT2D eigenvalue weighted by atomic mass is 10.1. The standard InChI is InChI=1S/C20H18N4O4/c1-24-19(26)11-15(13-4-6-21-7-5-13)23-20(24)22-12-16(25)14-2-3-17-18(10-14)28-9-8-27-17/h2-7,10-11H,8-9,12H2,1H3,(H,22,23). The second kappa shape index (κ2) is 7.51. The van der Waals surface area contributed by atoms with Crippen molar-refractivity contribution in [1.82, 2.24) is 14.5 Å². The summed E-state index contributed by atoms with van der Waals surface area (Å²) in [6, 6.07) is 10.1. The molecule has 0 saturated carbocycles. The fourth-order valence-corrected chi connectivity index (χ4v) is 2.85. The molecule has 0 radical (unpaired) electrons. The van der Waals surface area contributed by atoms with Gasteiger partial charge in [0.2, 0.25) is 5.95 Å². The molecule has 0 spiro atoms. The van der Waals surface area contributed by atoms with Gasteiger partial charge in [0.15, 0.2) is 17.3 Å². The number of hydrogen-bond donors (Lipinski definition) is 1. The van der Waals surface area contributed by atoms with Crippen LogP contribution in [0.3, 0.4) is 0 Å². The van der Waals surface area contributed by atoms with Gasteiger partial charge in [-0.25, -0.2) is 4.98 Å². The molecule has 3 heterocycles. The number of fused-ring (bicyclic) bond motifs is 1. The van der Waals surface area contributed by atoms with Crippen molar-refractivity contribution in [3.05, 3.63) is 64.7 Å². The summed E-state index contributed by atoms with van der Waals surface area (Å²) in [6.45, 7) is 0.936. The molecule has 0 amide bonds. The summed E-state index contributed by atoms with van der Waals surface area (Å²) in [5.41, 5.74) is 1.55. The zero-order chi connectivity index (χ0) is 19.5. The van der Waals surface area contributed by atoms with Gasteiger partial charge in [-0.15, -0.1) is 0 Å². The molecule has 1 aromatic carbocycles. The van der Waals surface area contributed by atoms with E-state index in [4.69, 9.17) is 9.47 Å². The number of ketones is 1. The van der Waals surface area contributed by atoms with Crippen LogP contribution >= 0.6 is 0 Å². The molecule has 8 heteroatoms. The van der Waals surface area contributed by atoms with Crippen molar-refractivity contribution in [2.75, 3.05) is 25.1 Å². The van der Waals surface area contributed by atoms with Gasteiger partial charge in [-0.05, 0) is 30.3 Å². The van der Waals surface area contributed by atoms with Crippen molar-refractivity contribution in [1.29, 1.82) is 0 Å². The van der Waals surface area contributed by atoms with Crippen LogP contribution in [-0.4, -0.2) is 40.1 Å². The van der Waals surface area contributed by atoms with Gasteiger partial charge < -0.3 is 14.8 Å². The molecule has 0 aliphatic carbocycles. The summed E-state index contributed by atoms with van der Waals surface area (Å²) < 4.78 is 12.3. The number of aromatic nitrogens is 3. The van der Waals surface area contributed by atoms with Crippen LogP contribution < -0.4 is 20.3 Å². The Morgan fingerprint density at radius 1 is 1.11 bits per heavy atom. The first-order valence-electron chi connectivity index (χ1n) is 8.77. The molecule has 0 unspecified atom stereocenters. The molecule has 1 aliphatic heterocycles. The average molecular weight is 378 g/mol. The second-order valence-corrected chi connectivity index (χ2v) is 6.23. The van der Waals surface area contributed by atoms with Gasteiger partial charge in [-0.2, -0.15) is 0 Å². The van der Waals surface area contributed by atoms with Crippen LogP contribution in [0.5, 0.6) is 11.5 Å². The van der Waals surface area contributed by atoms with Crippen LogP contribution in [0, 0.1) is 0 Å². The monoisotopic (exact) mass is 378 g/mol. The van der Waals surface area contributed by atoms with Crippen LogP contribution in [0.4, 0.5) is 5.95 Å². The first-order chi connectivity index (χ1) is 13.6. The van der Waals surface area contributed by atoms with E-state index in [-0.39, 0.29) is 17.9 Å². The Balaban J connectivity index is 1.54. The highest BCUT2D eigenvalue weighted by Crippen LogP contribution is 2.30. The third-order valence-electron chi connectivity index (χ3n) is 4.38. The van der Waals surface area contributed by atoms with Crippen molar-refractivity contribution in [2.45, 2.75) is 0 Å². The number of Topliss-reactive ketones (excluding diaryl/α,β-unsaturated/α-hetero) is 1. The molecule has 2 aromatic heterocycles. The summed E-state index contributed by atoms with van der Waals surface area (Å²) in [5, 5.41) is 2.96. The molecule has 142 valence electrons. The van der Waals surface area contributed by atoms with Crippen molar-refractivity contribution >= 4 is 11.7 Å². The van der Waals surface area contributed by atoms with E-state index in [1.54, 1.807) is 49.8 Å². The zero-order valence-electron chi connectivity index (χ0n) is 15.2. The van der Waals surface area contributed by atoms with Crippen molar-refractivity contribution in [2.24, 2.45) is 7.05 Å². The first kappa shape index (κ1) is 17.7. The lowest BCUT2D eigenvalue weighted by molar-refractivity contribution is 0.100. The van der Waals surface area contributed by atoms with Gasteiger partial charge in [-0.3, -0.25) is 19.1 Å². The zero-order valence-corrected chi connectivity index (χ0v) is 15.2. The van der Waals surface area contributed by atoms with E-state index in [0.717, 1.165) is 5.56 Å². The predicted octanol–water partition coefficient (Wildman–Crippen LogP) is 1.91. The number of hydrogen-bond acceptors (Lipinski definition) is 7. The van der Waals surface area contributed by atoms with Crippen LogP contribution in [-0.2, 0) is 7.05 Å². The predicted molar refractivity (Wildman–Crippen MR) is 103 cm³/mol. The van der Waals surface area contributed by atoms with E-state index < -0.39 is 0 Å². The van der Waals surface area contributed by atoms with E-state index in [1.165, 1.54) is 10.6 Å². The molecule has 3 aromatic rings. The minimum Gasteiger partial charge on any atom is -0.486 e. The van der Waals surface area contributed by atoms with Crippen molar-refractivity contribution in [3.8, 4) is 22.8 Å². The lowest BCUT2D eigenvalue weighted by Crippen LogP contribution is -2.24. The highest BCUT2D eigenvalue weighted by atomic mass is 16.6. The maximum Gasteiger partial charge on any atom is 0.255 e. The maximum atomic E-state index is 12.6. The van der Waals surface area contributed by atoms with E-state index in [0.29, 0.717) is 41.9 Å². The van der Waals surface area contributed by atoms with Gasteiger partial charge in [0, 0.05) is 36.6 Å². The third-order valence-corrected chi connectivity index (χ3v) is 4.38. The summed E-state index contributed by atoms with van der Waals surface area (Å²) in [5.74, 6) is 1.35. The van der Waals surface area contributed by atoms with Crippen LogP contribution in [0.1, 0.15) is 10.4 Å². The smallest absolute Gasteiger partial charge is 0.255 e. The Morgan fingerprint density at radius 2 is 1.86 bits per heavy atom.